The van der Waals surface area contributed by atoms with Crippen LogP contribution in [0.3, 0.4) is 0 Å². The molecule has 0 unspecified atom stereocenters. The zero-order valence-corrected chi connectivity index (χ0v) is 39.0. The van der Waals surface area contributed by atoms with Crippen LogP contribution in [0.25, 0.3) is 66.8 Å². The molecule has 0 heterocycles. The van der Waals surface area contributed by atoms with Crippen LogP contribution in [0.15, 0.2) is 212 Å². The minimum Gasteiger partial charge on any atom is -0.310 e. The molecule has 68 heavy (non-hydrogen) atoms. The van der Waals surface area contributed by atoms with Crippen LogP contribution in [0.4, 0.5) is 17.1 Å². The van der Waals surface area contributed by atoms with E-state index in [1.807, 2.05) is 0 Å². The monoisotopic (exact) mass is 873 g/mol. The molecule has 328 valence electrons. The lowest BCUT2D eigenvalue weighted by Crippen LogP contribution is -2.55. The van der Waals surface area contributed by atoms with Crippen molar-refractivity contribution in [1.82, 2.24) is 0 Å². The summed E-state index contributed by atoms with van der Waals surface area (Å²) < 4.78 is 0. The lowest BCUT2D eigenvalue weighted by Gasteiger charge is -2.61. The van der Waals surface area contributed by atoms with Crippen molar-refractivity contribution in [2.75, 3.05) is 4.90 Å². The van der Waals surface area contributed by atoms with Crippen molar-refractivity contribution in [1.29, 1.82) is 0 Å². The van der Waals surface area contributed by atoms with E-state index in [2.05, 4.69) is 231 Å². The Morgan fingerprint density at radius 1 is 0.353 bits per heavy atom. The lowest BCUT2D eigenvalue weighted by atomic mass is 9.42. The molecule has 15 rings (SSSR count). The van der Waals surface area contributed by atoms with Crippen LogP contribution in [0.5, 0.6) is 0 Å². The van der Waals surface area contributed by atoms with Gasteiger partial charge in [-0.1, -0.05) is 190 Å². The van der Waals surface area contributed by atoms with Crippen LogP contribution in [-0.4, -0.2) is 0 Å². The summed E-state index contributed by atoms with van der Waals surface area (Å²) in [6, 6.07) is 80.9. The highest BCUT2D eigenvalue weighted by Gasteiger charge is 2.62. The van der Waals surface area contributed by atoms with Crippen molar-refractivity contribution in [2.45, 2.75) is 56.8 Å². The topological polar surface area (TPSA) is 3.24 Å². The smallest absolute Gasteiger partial charge is 0.0552 e. The van der Waals surface area contributed by atoms with Crippen molar-refractivity contribution in [3.05, 3.63) is 235 Å². The molecule has 0 N–H and O–H groups in total. The highest BCUT2D eigenvalue weighted by atomic mass is 15.1. The van der Waals surface area contributed by atoms with Gasteiger partial charge >= 0.3 is 0 Å². The standard InChI is InChI=1S/C67H55N/c1-66(2)60-27-14-12-24-55(60)59-42-53(33-34-61(59)66)68(52-31-29-47(30-32-52)45-17-6-3-7-18-45)63-41-49(46-19-8-4-9-20-46)40-58(48-21-10-5-11-22-48)64(63)57-26-16-25-56-54-23-13-15-28-62(54)67(65(56)57)50-36-43-35-44(38-50)39-51(67)37-43/h3-34,40-44,50-51H,35-39H2,1-2H3. The first-order valence-electron chi connectivity index (χ1n) is 25.2. The van der Waals surface area contributed by atoms with Crippen LogP contribution in [0.2, 0.25) is 0 Å². The molecule has 4 saturated carbocycles. The Morgan fingerprint density at radius 3 is 1.51 bits per heavy atom. The maximum absolute atomic E-state index is 2.61. The van der Waals surface area contributed by atoms with Crippen LogP contribution in [0, 0.1) is 23.7 Å². The van der Waals surface area contributed by atoms with Gasteiger partial charge in [0.2, 0.25) is 0 Å². The van der Waals surface area contributed by atoms with Gasteiger partial charge in [-0.05, 0) is 176 Å². The Morgan fingerprint density at radius 2 is 0.853 bits per heavy atom. The van der Waals surface area contributed by atoms with Crippen molar-refractivity contribution in [2.24, 2.45) is 23.7 Å². The second-order valence-electron chi connectivity index (χ2n) is 21.2. The SMILES string of the molecule is CC1(C)c2ccccc2-c2cc(N(c3ccc(-c4ccccc4)cc3)c3cc(-c4ccccc4)cc(-c4ccccc4)c3-c3cccc4c3C3(c5ccccc5-4)C4CC5CC(C4)CC3C5)ccc21. The minimum atomic E-state index is -0.0992. The molecule has 1 heteroatoms. The third kappa shape index (κ3) is 5.81. The average Bonchev–Trinajstić information content (AvgIpc) is 3.81. The van der Waals surface area contributed by atoms with Gasteiger partial charge in [0, 0.05) is 27.8 Å². The first kappa shape index (κ1) is 39.9. The van der Waals surface area contributed by atoms with Crippen LogP contribution in [0.1, 0.15) is 68.2 Å². The Labute approximate surface area is 401 Å². The highest BCUT2D eigenvalue weighted by Crippen LogP contribution is 2.71. The first-order valence-corrected chi connectivity index (χ1v) is 25.2. The van der Waals surface area contributed by atoms with Crippen LogP contribution < -0.4 is 4.90 Å². The molecule has 0 amide bonds. The fourth-order valence-corrected chi connectivity index (χ4v) is 14.9. The molecular formula is C67H55N. The lowest BCUT2D eigenvalue weighted by molar-refractivity contribution is -0.0397. The summed E-state index contributed by atoms with van der Waals surface area (Å²) in [5.41, 5.74) is 24.9. The van der Waals surface area contributed by atoms with E-state index >= 15 is 0 Å². The number of benzene rings is 9. The van der Waals surface area contributed by atoms with E-state index in [0.717, 1.165) is 23.2 Å². The van der Waals surface area contributed by atoms with E-state index in [-0.39, 0.29) is 10.8 Å². The Hall–Kier alpha value is -7.22. The van der Waals surface area contributed by atoms with E-state index in [1.54, 1.807) is 11.1 Å². The summed E-state index contributed by atoms with van der Waals surface area (Å²) in [6.07, 6.45) is 6.80. The number of nitrogens with zero attached hydrogens (tertiary/aromatic N) is 1. The molecule has 6 aliphatic rings. The molecule has 0 aromatic heterocycles. The Bertz CT molecular complexity index is 3390. The van der Waals surface area contributed by atoms with Crippen LogP contribution in [-0.2, 0) is 10.8 Å². The van der Waals surface area contributed by atoms with E-state index in [1.165, 1.54) is 116 Å². The molecule has 4 fully saturated rings. The quantitative estimate of drug-likeness (QED) is 0.154. The maximum Gasteiger partial charge on any atom is 0.0552 e. The van der Waals surface area contributed by atoms with E-state index in [9.17, 15) is 0 Å². The van der Waals surface area contributed by atoms with Crippen molar-refractivity contribution < 1.29 is 0 Å². The molecule has 1 nitrogen and oxygen atoms in total. The fraction of sp³-hybridized carbons (Fsp3) is 0.194. The average molecular weight is 874 g/mol. The molecule has 0 radical (unpaired) electrons. The molecule has 4 bridgehead atoms. The number of fused-ring (bicyclic) bond motifs is 6. The van der Waals surface area contributed by atoms with E-state index in [0.29, 0.717) is 11.8 Å². The molecule has 1 spiro atoms. The number of hydrogen-bond acceptors (Lipinski definition) is 1. The van der Waals surface area contributed by atoms with Crippen molar-refractivity contribution >= 4 is 17.1 Å². The maximum atomic E-state index is 2.61. The second kappa shape index (κ2) is 15.1. The second-order valence-corrected chi connectivity index (χ2v) is 21.2. The Kier molecular flexibility index (Phi) is 8.89. The van der Waals surface area contributed by atoms with E-state index < -0.39 is 0 Å². The third-order valence-electron chi connectivity index (χ3n) is 17.4. The van der Waals surface area contributed by atoms with Gasteiger partial charge in [-0.25, -0.2) is 0 Å². The first-order chi connectivity index (χ1) is 33.4. The molecule has 0 aliphatic heterocycles. The molecule has 0 atom stereocenters. The normalized spacial score (nSPS) is 21.9. The summed E-state index contributed by atoms with van der Waals surface area (Å²) in [7, 11) is 0. The number of rotatable bonds is 7. The third-order valence-corrected chi connectivity index (χ3v) is 17.4. The van der Waals surface area contributed by atoms with Crippen LogP contribution >= 0.6 is 0 Å². The van der Waals surface area contributed by atoms with Gasteiger partial charge < -0.3 is 4.90 Å². The van der Waals surface area contributed by atoms with Gasteiger partial charge in [-0.3, -0.25) is 0 Å². The summed E-state index contributed by atoms with van der Waals surface area (Å²) in [6.45, 7) is 4.78. The summed E-state index contributed by atoms with van der Waals surface area (Å²) in [4.78, 5) is 2.61. The Balaban J connectivity index is 1.10. The van der Waals surface area contributed by atoms with Crippen molar-refractivity contribution in [3.8, 4) is 66.8 Å². The molecule has 9 aromatic rings. The van der Waals surface area contributed by atoms with Gasteiger partial charge in [0.1, 0.15) is 0 Å². The number of hydrogen-bond donors (Lipinski definition) is 0. The largest absolute Gasteiger partial charge is 0.310 e. The van der Waals surface area contributed by atoms with E-state index in [4.69, 9.17) is 0 Å². The number of anilines is 3. The highest BCUT2D eigenvalue weighted by molar-refractivity contribution is 6.03. The van der Waals surface area contributed by atoms with Gasteiger partial charge in [0.25, 0.3) is 0 Å². The fourth-order valence-electron chi connectivity index (χ4n) is 14.9. The summed E-state index contributed by atoms with van der Waals surface area (Å²) in [5.74, 6) is 2.99. The zero-order valence-electron chi connectivity index (χ0n) is 39.0. The van der Waals surface area contributed by atoms with Gasteiger partial charge in [-0.2, -0.15) is 0 Å². The van der Waals surface area contributed by atoms with Crippen molar-refractivity contribution in [3.63, 3.8) is 0 Å². The summed E-state index contributed by atoms with van der Waals surface area (Å²) in [5, 5.41) is 0. The summed E-state index contributed by atoms with van der Waals surface area (Å²) >= 11 is 0. The predicted octanol–water partition coefficient (Wildman–Crippen LogP) is 17.9. The van der Waals surface area contributed by atoms with Gasteiger partial charge in [-0.15, -0.1) is 0 Å². The predicted molar refractivity (Wildman–Crippen MR) is 284 cm³/mol. The molecule has 0 saturated heterocycles. The molecular weight excluding hydrogens is 819 g/mol. The van der Waals surface area contributed by atoms with Gasteiger partial charge in [0.15, 0.2) is 0 Å². The molecule has 9 aromatic carbocycles. The zero-order chi connectivity index (χ0) is 45.1. The minimum absolute atomic E-state index is 0.0235. The van der Waals surface area contributed by atoms with Gasteiger partial charge in [0.05, 0.1) is 5.69 Å². The molecule has 6 aliphatic carbocycles.